The van der Waals surface area contributed by atoms with E-state index in [1.54, 1.807) is 0 Å². The molecule has 0 heterocycles. The minimum Gasteiger partial charge on any atom is -0.210 e. The van der Waals surface area contributed by atoms with E-state index in [0.717, 1.165) is 20.8 Å². The van der Waals surface area contributed by atoms with Gasteiger partial charge in [-0.2, -0.15) is 17.6 Å². The Hall–Kier alpha value is -0.420. The van der Waals surface area contributed by atoms with Crippen LogP contribution in [-0.4, -0.2) is 18.3 Å². The van der Waals surface area contributed by atoms with Crippen LogP contribution in [0.1, 0.15) is 27.2 Å². The van der Waals surface area contributed by atoms with Gasteiger partial charge in [0.15, 0.2) is 0 Å². The van der Waals surface area contributed by atoms with E-state index < -0.39 is 30.1 Å². The molecule has 86 valence electrons. The summed E-state index contributed by atoms with van der Waals surface area (Å²) in [4.78, 5) is 0. The lowest BCUT2D eigenvalue weighted by atomic mass is 9.83. The monoisotopic (exact) mass is 222 g/mol. The smallest absolute Gasteiger partial charge is 0.210 e. The van der Waals surface area contributed by atoms with Crippen molar-refractivity contribution < 1.29 is 26.3 Å². The van der Waals surface area contributed by atoms with Gasteiger partial charge in [0.25, 0.3) is 0 Å². The van der Waals surface area contributed by atoms with Crippen molar-refractivity contribution in [1.29, 1.82) is 0 Å². The lowest BCUT2D eigenvalue weighted by Gasteiger charge is -2.36. The van der Waals surface area contributed by atoms with Crippen LogP contribution in [0.15, 0.2) is 0 Å². The van der Waals surface area contributed by atoms with Gasteiger partial charge in [0.05, 0.1) is 6.42 Å². The molecule has 0 fully saturated rings. The zero-order valence-electron chi connectivity index (χ0n) is 8.05. The minimum atomic E-state index is -4.68. The molecule has 0 nitrogen and oxygen atoms in total. The van der Waals surface area contributed by atoms with Crippen molar-refractivity contribution in [2.24, 2.45) is 5.41 Å². The standard InChI is InChI=1S/C8H12F6/c1-6(2,3)8(13,14)7(11,12)4-5(9)10/h5H,4H2,1-3H3. The van der Waals surface area contributed by atoms with Gasteiger partial charge in [-0.1, -0.05) is 20.8 Å². The van der Waals surface area contributed by atoms with Crippen molar-refractivity contribution in [2.45, 2.75) is 45.5 Å². The predicted molar refractivity (Wildman–Crippen MR) is 40.0 cm³/mol. The molecule has 0 amide bonds. The lowest BCUT2D eigenvalue weighted by Crippen LogP contribution is -2.50. The summed E-state index contributed by atoms with van der Waals surface area (Å²) < 4.78 is 74.7. The molecular formula is C8H12F6. The fourth-order valence-corrected chi connectivity index (χ4v) is 0.871. The van der Waals surface area contributed by atoms with Crippen molar-refractivity contribution in [3.63, 3.8) is 0 Å². The van der Waals surface area contributed by atoms with E-state index in [9.17, 15) is 26.3 Å². The van der Waals surface area contributed by atoms with E-state index in [-0.39, 0.29) is 0 Å². The third-order valence-corrected chi connectivity index (χ3v) is 1.81. The Balaban J connectivity index is 4.88. The maximum Gasteiger partial charge on any atom is 0.316 e. The van der Waals surface area contributed by atoms with Gasteiger partial charge in [-0.3, -0.25) is 0 Å². The van der Waals surface area contributed by atoms with Crippen molar-refractivity contribution in [3.8, 4) is 0 Å². The molecule has 6 heteroatoms. The summed E-state index contributed by atoms with van der Waals surface area (Å²) in [5.74, 6) is -9.13. The van der Waals surface area contributed by atoms with Gasteiger partial charge >= 0.3 is 11.8 Å². The first-order chi connectivity index (χ1) is 5.92. The molecule has 0 aromatic heterocycles. The van der Waals surface area contributed by atoms with Crippen LogP contribution in [-0.2, 0) is 0 Å². The molecule has 0 N–H and O–H groups in total. The average molecular weight is 222 g/mol. The van der Waals surface area contributed by atoms with E-state index in [2.05, 4.69) is 0 Å². The first-order valence-electron chi connectivity index (χ1n) is 3.95. The minimum absolute atomic E-state index is 0.881. The molecule has 0 aliphatic heterocycles. The second kappa shape index (κ2) is 3.62. The van der Waals surface area contributed by atoms with Gasteiger partial charge in [0, 0.05) is 5.41 Å². The zero-order valence-corrected chi connectivity index (χ0v) is 8.05. The average Bonchev–Trinajstić information content (AvgIpc) is 1.80. The van der Waals surface area contributed by atoms with Gasteiger partial charge in [-0.15, -0.1) is 0 Å². The molecule has 0 spiro atoms. The Kier molecular flexibility index (Phi) is 3.51. The molecular weight excluding hydrogens is 210 g/mol. The van der Waals surface area contributed by atoms with Crippen LogP contribution in [0, 0.1) is 5.41 Å². The van der Waals surface area contributed by atoms with E-state index in [4.69, 9.17) is 0 Å². The second-order valence-electron chi connectivity index (χ2n) is 4.12. The summed E-state index contributed by atoms with van der Waals surface area (Å²) >= 11 is 0. The molecule has 0 saturated heterocycles. The zero-order chi connectivity index (χ0) is 11.8. The van der Waals surface area contributed by atoms with Crippen LogP contribution in [0.2, 0.25) is 0 Å². The number of hydrogen-bond acceptors (Lipinski definition) is 0. The van der Waals surface area contributed by atoms with Crippen LogP contribution >= 0.6 is 0 Å². The van der Waals surface area contributed by atoms with Crippen LogP contribution in [0.5, 0.6) is 0 Å². The molecule has 0 unspecified atom stereocenters. The van der Waals surface area contributed by atoms with Crippen molar-refractivity contribution in [3.05, 3.63) is 0 Å². The molecule has 0 saturated carbocycles. The molecule has 0 aliphatic carbocycles. The Bertz CT molecular complexity index is 190. The Morgan fingerprint density at radius 1 is 0.929 bits per heavy atom. The van der Waals surface area contributed by atoms with Crippen molar-refractivity contribution in [2.75, 3.05) is 0 Å². The Labute approximate surface area is 78.3 Å². The molecule has 0 rings (SSSR count). The van der Waals surface area contributed by atoms with E-state index >= 15 is 0 Å². The number of hydrogen-bond donors (Lipinski definition) is 0. The highest BCUT2D eigenvalue weighted by Crippen LogP contribution is 2.49. The summed E-state index contributed by atoms with van der Waals surface area (Å²) in [7, 11) is 0. The largest absolute Gasteiger partial charge is 0.316 e. The van der Waals surface area contributed by atoms with Crippen LogP contribution < -0.4 is 0 Å². The summed E-state index contributed by atoms with van der Waals surface area (Å²) in [6, 6.07) is 0. The first kappa shape index (κ1) is 13.6. The van der Waals surface area contributed by atoms with Crippen LogP contribution in [0.4, 0.5) is 26.3 Å². The van der Waals surface area contributed by atoms with E-state index in [1.165, 1.54) is 0 Å². The SMILES string of the molecule is CC(C)(C)C(F)(F)C(F)(F)CC(F)F. The summed E-state index contributed by atoms with van der Waals surface area (Å²) in [6.45, 7) is 2.64. The van der Waals surface area contributed by atoms with Gasteiger partial charge < -0.3 is 0 Å². The molecule has 14 heavy (non-hydrogen) atoms. The summed E-state index contributed by atoms with van der Waals surface area (Å²) in [5, 5.41) is 0. The van der Waals surface area contributed by atoms with Gasteiger partial charge in [0.2, 0.25) is 6.43 Å². The third kappa shape index (κ3) is 2.54. The molecule has 0 radical (unpaired) electrons. The van der Waals surface area contributed by atoms with Crippen LogP contribution in [0.3, 0.4) is 0 Å². The topological polar surface area (TPSA) is 0 Å². The van der Waals surface area contributed by atoms with Gasteiger partial charge in [0.1, 0.15) is 0 Å². The van der Waals surface area contributed by atoms with E-state index in [1.807, 2.05) is 0 Å². The Morgan fingerprint density at radius 3 is 1.50 bits per heavy atom. The van der Waals surface area contributed by atoms with Gasteiger partial charge in [-0.05, 0) is 0 Å². The van der Waals surface area contributed by atoms with E-state index in [0.29, 0.717) is 0 Å². The maximum atomic E-state index is 13.0. The number of alkyl halides is 6. The maximum absolute atomic E-state index is 13.0. The van der Waals surface area contributed by atoms with Crippen molar-refractivity contribution in [1.82, 2.24) is 0 Å². The molecule has 0 aromatic rings. The quantitative estimate of drug-likeness (QED) is 0.634. The predicted octanol–water partition coefficient (Wildman–Crippen LogP) is 3.96. The van der Waals surface area contributed by atoms with Gasteiger partial charge in [-0.25, -0.2) is 8.78 Å². The fourth-order valence-electron chi connectivity index (χ4n) is 0.871. The Morgan fingerprint density at radius 2 is 1.29 bits per heavy atom. The second-order valence-corrected chi connectivity index (χ2v) is 4.12. The molecule has 0 atom stereocenters. The fraction of sp³-hybridized carbons (Fsp3) is 1.00. The summed E-state index contributed by atoms with van der Waals surface area (Å²) in [6.07, 6.45) is -5.56. The van der Waals surface area contributed by atoms with Crippen LogP contribution in [0.25, 0.3) is 0 Å². The van der Waals surface area contributed by atoms with Crippen molar-refractivity contribution >= 4 is 0 Å². The first-order valence-corrected chi connectivity index (χ1v) is 3.95. The third-order valence-electron chi connectivity index (χ3n) is 1.81. The number of rotatable bonds is 3. The highest BCUT2D eigenvalue weighted by atomic mass is 19.3. The normalized spacial score (nSPS) is 15.0. The number of halogens is 6. The highest BCUT2D eigenvalue weighted by molar-refractivity contribution is 4.94. The highest BCUT2D eigenvalue weighted by Gasteiger charge is 2.63. The molecule has 0 bridgehead atoms. The molecule has 0 aliphatic rings. The molecule has 0 aromatic carbocycles. The lowest BCUT2D eigenvalue weighted by molar-refractivity contribution is -0.267. The summed E-state index contributed by atoms with van der Waals surface area (Å²) in [5.41, 5.74) is -2.05.